The molecule has 1 saturated carbocycles. The predicted octanol–water partition coefficient (Wildman–Crippen LogP) is 6.27. The van der Waals surface area contributed by atoms with Gasteiger partial charge in [0, 0.05) is 23.2 Å². The van der Waals surface area contributed by atoms with Crippen LogP contribution in [0.25, 0.3) is 0 Å². The Labute approximate surface area is 197 Å². The van der Waals surface area contributed by atoms with E-state index in [1.807, 2.05) is 48.5 Å². The second-order valence-corrected chi connectivity index (χ2v) is 9.36. The number of amides is 1. The summed E-state index contributed by atoms with van der Waals surface area (Å²) in [6.45, 7) is 3.04. The van der Waals surface area contributed by atoms with Crippen LogP contribution in [0.5, 0.6) is 0 Å². The third-order valence-corrected chi connectivity index (χ3v) is 6.56. The van der Waals surface area contributed by atoms with E-state index in [0.29, 0.717) is 23.7 Å². The molecule has 0 radical (unpaired) electrons. The van der Waals surface area contributed by atoms with Gasteiger partial charge in [-0.25, -0.2) is 0 Å². The van der Waals surface area contributed by atoms with Crippen molar-refractivity contribution in [3.05, 3.63) is 70.2 Å². The van der Waals surface area contributed by atoms with Gasteiger partial charge in [-0.05, 0) is 54.2 Å². The molecule has 0 heterocycles. The van der Waals surface area contributed by atoms with Crippen LogP contribution < -0.4 is 11.1 Å². The summed E-state index contributed by atoms with van der Waals surface area (Å²) in [4.78, 5) is 13.2. The molecule has 0 bridgehead atoms. The molecule has 0 saturated heterocycles. The molecule has 3 N–H and O–H groups in total. The maximum atomic E-state index is 13.2. The molecule has 2 atom stereocenters. The number of hydrogen-bond donors (Lipinski definition) is 2. The molecule has 4 nitrogen and oxygen atoms in total. The van der Waals surface area contributed by atoms with Crippen LogP contribution in [0.1, 0.15) is 85.9 Å². The summed E-state index contributed by atoms with van der Waals surface area (Å²) in [5.41, 5.74) is 8.22. The number of carbonyl (C=O) groups excluding carboxylic acids is 1. The number of hydrogen-bond acceptors (Lipinski definition) is 3. The van der Waals surface area contributed by atoms with Gasteiger partial charge in [0.1, 0.15) is 6.10 Å². The maximum Gasteiger partial charge on any atom is 0.251 e. The van der Waals surface area contributed by atoms with Crippen molar-refractivity contribution in [3.63, 3.8) is 0 Å². The fourth-order valence-electron chi connectivity index (χ4n) is 4.77. The third-order valence-electron chi connectivity index (χ3n) is 6.32. The zero-order valence-corrected chi connectivity index (χ0v) is 19.9. The van der Waals surface area contributed by atoms with E-state index in [2.05, 4.69) is 12.2 Å². The monoisotopic (exact) mass is 456 g/mol. The van der Waals surface area contributed by atoms with Crippen molar-refractivity contribution in [2.75, 3.05) is 13.2 Å². The molecule has 5 heteroatoms. The molecule has 174 valence electrons. The molecule has 1 aliphatic carbocycles. The molecular formula is C27H37ClN2O2. The molecule has 2 aromatic rings. The topological polar surface area (TPSA) is 64.3 Å². The minimum absolute atomic E-state index is 0.00946. The van der Waals surface area contributed by atoms with Crippen molar-refractivity contribution in [1.29, 1.82) is 0 Å². The van der Waals surface area contributed by atoms with Crippen molar-refractivity contribution >= 4 is 17.5 Å². The second-order valence-electron chi connectivity index (χ2n) is 8.92. The number of rotatable bonds is 11. The van der Waals surface area contributed by atoms with Crippen molar-refractivity contribution in [2.24, 2.45) is 11.7 Å². The quantitative estimate of drug-likeness (QED) is 0.418. The van der Waals surface area contributed by atoms with E-state index in [4.69, 9.17) is 22.1 Å². The Hall–Kier alpha value is -1.88. The van der Waals surface area contributed by atoms with Gasteiger partial charge in [0.2, 0.25) is 0 Å². The number of ether oxygens (including phenoxy) is 1. The number of carbonyl (C=O) groups is 1. The molecule has 1 aliphatic rings. The SMILES string of the molecule is CCC[C@H](CC1CCCCC1)NC(=O)c1cccc(C(OCCN)c2cccc(Cl)c2)c1. The van der Waals surface area contributed by atoms with Gasteiger partial charge < -0.3 is 15.8 Å². The zero-order chi connectivity index (χ0) is 22.8. The van der Waals surface area contributed by atoms with Gasteiger partial charge in [0.05, 0.1) is 6.61 Å². The highest BCUT2D eigenvalue weighted by atomic mass is 35.5. The second kappa shape index (κ2) is 13.0. The molecule has 0 aromatic heterocycles. The van der Waals surface area contributed by atoms with E-state index in [-0.39, 0.29) is 18.1 Å². The minimum atomic E-state index is -0.321. The van der Waals surface area contributed by atoms with E-state index in [1.54, 1.807) is 0 Å². The lowest BCUT2D eigenvalue weighted by Crippen LogP contribution is -2.36. The summed E-state index contributed by atoms with van der Waals surface area (Å²) in [6, 6.07) is 15.6. The van der Waals surface area contributed by atoms with Crippen molar-refractivity contribution < 1.29 is 9.53 Å². The van der Waals surface area contributed by atoms with Crippen LogP contribution in [0.15, 0.2) is 48.5 Å². The van der Waals surface area contributed by atoms with Gasteiger partial charge in [-0.2, -0.15) is 0 Å². The summed E-state index contributed by atoms with van der Waals surface area (Å²) >= 11 is 6.21. The Balaban J connectivity index is 1.75. The molecule has 3 rings (SSSR count). The minimum Gasteiger partial charge on any atom is -0.367 e. The van der Waals surface area contributed by atoms with Crippen molar-refractivity contribution in [3.8, 4) is 0 Å². The number of nitrogens with two attached hydrogens (primary N) is 1. The third kappa shape index (κ3) is 7.33. The van der Waals surface area contributed by atoms with Crippen molar-refractivity contribution in [1.82, 2.24) is 5.32 Å². The molecular weight excluding hydrogens is 420 g/mol. The molecule has 1 fully saturated rings. The first kappa shape index (κ1) is 24.8. The van der Waals surface area contributed by atoms with E-state index < -0.39 is 0 Å². The lowest BCUT2D eigenvalue weighted by molar-refractivity contribution is 0.0860. The van der Waals surface area contributed by atoms with Crippen LogP contribution in [0.3, 0.4) is 0 Å². The Morgan fingerprint density at radius 2 is 1.84 bits per heavy atom. The highest BCUT2D eigenvalue weighted by Gasteiger charge is 2.22. The van der Waals surface area contributed by atoms with Gasteiger partial charge in [0.25, 0.3) is 5.91 Å². The Morgan fingerprint density at radius 1 is 1.12 bits per heavy atom. The molecule has 0 spiro atoms. The molecule has 1 unspecified atom stereocenters. The first-order valence-electron chi connectivity index (χ1n) is 12.1. The van der Waals surface area contributed by atoms with Gasteiger partial charge in [-0.15, -0.1) is 0 Å². The zero-order valence-electron chi connectivity index (χ0n) is 19.2. The van der Waals surface area contributed by atoms with E-state index >= 15 is 0 Å². The highest BCUT2D eigenvalue weighted by Crippen LogP contribution is 2.30. The van der Waals surface area contributed by atoms with E-state index in [0.717, 1.165) is 36.3 Å². The molecule has 2 aromatic carbocycles. The Morgan fingerprint density at radius 3 is 2.53 bits per heavy atom. The summed E-state index contributed by atoms with van der Waals surface area (Å²) in [6.07, 6.45) is 9.46. The number of nitrogens with one attached hydrogen (secondary N) is 1. The lowest BCUT2D eigenvalue weighted by atomic mass is 9.84. The van der Waals surface area contributed by atoms with Gasteiger partial charge >= 0.3 is 0 Å². The maximum absolute atomic E-state index is 13.2. The van der Waals surface area contributed by atoms with E-state index in [9.17, 15) is 4.79 Å². The fourth-order valence-corrected chi connectivity index (χ4v) is 4.97. The molecule has 1 amide bonds. The van der Waals surface area contributed by atoms with Gasteiger partial charge in [-0.1, -0.05) is 81.3 Å². The first-order chi connectivity index (χ1) is 15.6. The Kier molecular flexibility index (Phi) is 10.0. The Bertz CT molecular complexity index is 851. The van der Waals surface area contributed by atoms with E-state index in [1.165, 1.54) is 32.1 Å². The van der Waals surface area contributed by atoms with Crippen LogP contribution in [-0.4, -0.2) is 25.1 Å². The van der Waals surface area contributed by atoms with Gasteiger partial charge in [-0.3, -0.25) is 4.79 Å². The average Bonchev–Trinajstić information content (AvgIpc) is 2.80. The fraction of sp³-hybridized carbons (Fsp3) is 0.519. The summed E-state index contributed by atoms with van der Waals surface area (Å²) < 4.78 is 6.06. The highest BCUT2D eigenvalue weighted by molar-refractivity contribution is 6.30. The van der Waals surface area contributed by atoms with Crippen LogP contribution in [-0.2, 0) is 4.74 Å². The molecule has 32 heavy (non-hydrogen) atoms. The van der Waals surface area contributed by atoms with Crippen LogP contribution >= 0.6 is 11.6 Å². The summed E-state index contributed by atoms with van der Waals surface area (Å²) in [5.74, 6) is 0.730. The number of benzene rings is 2. The first-order valence-corrected chi connectivity index (χ1v) is 12.5. The van der Waals surface area contributed by atoms with Crippen LogP contribution in [0.4, 0.5) is 0 Å². The largest absolute Gasteiger partial charge is 0.367 e. The van der Waals surface area contributed by atoms with Crippen LogP contribution in [0.2, 0.25) is 5.02 Å². The molecule has 0 aliphatic heterocycles. The normalized spacial score (nSPS) is 16.5. The smallest absolute Gasteiger partial charge is 0.251 e. The standard InChI is InChI=1S/C27H37ClN2O2/c1-2-8-25(17-20-9-4-3-5-10-20)30-27(31)23-13-6-11-21(18-23)26(32-16-15-29)22-12-7-14-24(28)19-22/h6-7,11-14,18-20,25-26H,2-5,8-10,15-17,29H2,1H3,(H,30,31)/t25-,26?/m1/s1. The average molecular weight is 457 g/mol. The summed E-state index contributed by atoms with van der Waals surface area (Å²) in [5, 5.41) is 3.97. The lowest BCUT2D eigenvalue weighted by Gasteiger charge is -2.27. The summed E-state index contributed by atoms with van der Waals surface area (Å²) in [7, 11) is 0. The van der Waals surface area contributed by atoms with Gasteiger partial charge in [0.15, 0.2) is 0 Å². The predicted molar refractivity (Wildman–Crippen MR) is 132 cm³/mol. The van der Waals surface area contributed by atoms with Crippen molar-refractivity contribution in [2.45, 2.75) is 70.4 Å². The van der Waals surface area contributed by atoms with Crippen LogP contribution in [0, 0.1) is 5.92 Å². The number of halogens is 1.